The van der Waals surface area contributed by atoms with Gasteiger partial charge in [-0.2, -0.15) is 0 Å². The van der Waals surface area contributed by atoms with Crippen molar-refractivity contribution in [2.45, 2.75) is 65.5 Å². The minimum Gasteiger partial charge on any atom is -0.352 e. The molecule has 2 saturated carbocycles. The zero-order chi connectivity index (χ0) is 13.5. The molecule has 2 rings (SSSR count). The first-order valence-corrected chi connectivity index (χ1v) is 7.35. The van der Waals surface area contributed by atoms with Crippen molar-refractivity contribution in [3.63, 3.8) is 0 Å². The number of nitrogens with two attached hydrogens (primary N) is 1. The van der Waals surface area contributed by atoms with Crippen molar-refractivity contribution >= 4 is 5.91 Å². The standard InChI is InChI=1S/C15H28N2O/c1-9(12-8-10-5-6-11(12)7-10)17-14(18)13(16)15(2,3)4/h9-13H,5-8,16H2,1-4H3,(H,17,18)/t9?,10?,11?,12?,13-/m0/s1. The molecule has 0 heterocycles. The van der Waals surface area contributed by atoms with Crippen molar-refractivity contribution in [2.75, 3.05) is 0 Å². The van der Waals surface area contributed by atoms with Crippen LogP contribution < -0.4 is 11.1 Å². The van der Waals surface area contributed by atoms with Crippen LogP contribution in [0.25, 0.3) is 0 Å². The molecular formula is C15H28N2O. The van der Waals surface area contributed by atoms with Crippen LogP contribution in [0.15, 0.2) is 0 Å². The molecule has 0 aromatic rings. The SMILES string of the molecule is CC(NC(=O)[C@H](N)C(C)(C)C)C1CC2CCC1C2. The minimum atomic E-state index is -0.418. The lowest BCUT2D eigenvalue weighted by atomic mass is 9.83. The second kappa shape index (κ2) is 4.84. The molecule has 2 aliphatic carbocycles. The summed E-state index contributed by atoms with van der Waals surface area (Å²) in [7, 11) is 0. The molecule has 1 amide bonds. The van der Waals surface area contributed by atoms with E-state index in [-0.39, 0.29) is 17.4 Å². The van der Waals surface area contributed by atoms with Crippen LogP contribution in [-0.2, 0) is 4.79 Å². The largest absolute Gasteiger partial charge is 0.352 e. The quantitative estimate of drug-likeness (QED) is 0.810. The van der Waals surface area contributed by atoms with Gasteiger partial charge in [-0.05, 0) is 49.4 Å². The third-order valence-corrected chi connectivity index (χ3v) is 5.02. The number of hydrogen-bond acceptors (Lipinski definition) is 2. The molecular weight excluding hydrogens is 224 g/mol. The predicted octanol–water partition coefficient (Wildman–Crippen LogP) is 2.30. The van der Waals surface area contributed by atoms with Crippen LogP contribution in [0.2, 0.25) is 0 Å². The van der Waals surface area contributed by atoms with E-state index >= 15 is 0 Å². The number of hydrogen-bond donors (Lipinski definition) is 2. The lowest BCUT2D eigenvalue weighted by molar-refractivity contribution is -0.125. The molecule has 2 bridgehead atoms. The fraction of sp³-hybridized carbons (Fsp3) is 0.933. The lowest BCUT2D eigenvalue weighted by Gasteiger charge is -2.32. The highest BCUT2D eigenvalue weighted by Crippen LogP contribution is 2.49. The summed E-state index contributed by atoms with van der Waals surface area (Å²) >= 11 is 0. The number of nitrogens with one attached hydrogen (secondary N) is 1. The Morgan fingerprint density at radius 1 is 1.28 bits per heavy atom. The minimum absolute atomic E-state index is 0.0118. The molecule has 0 radical (unpaired) electrons. The first kappa shape index (κ1) is 13.9. The van der Waals surface area contributed by atoms with E-state index in [1.807, 2.05) is 20.8 Å². The average molecular weight is 252 g/mol. The average Bonchev–Trinajstić information content (AvgIpc) is 2.88. The summed E-state index contributed by atoms with van der Waals surface area (Å²) in [4.78, 5) is 12.1. The molecule has 104 valence electrons. The summed E-state index contributed by atoms with van der Waals surface area (Å²) in [5.74, 6) is 2.46. The van der Waals surface area contributed by atoms with E-state index in [1.54, 1.807) is 0 Å². The van der Waals surface area contributed by atoms with Gasteiger partial charge in [0.25, 0.3) is 0 Å². The predicted molar refractivity (Wildman–Crippen MR) is 74.0 cm³/mol. The monoisotopic (exact) mass is 252 g/mol. The van der Waals surface area contributed by atoms with Gasteiger partial charge in [-0.15, -0.1) is 0 Å². The van der Waals surface area contributed by atoms with Gasteiger partial charge in [0.15, 0.2) is 0 Å². The number of carbonyl (C=O) groups excluding carboxylic acids is 1. The number of rotatable bonds is 3. The summed E-state index contributed by atoms with van der Waals surface area (Å²) in [6.45, 7) is 8.19. The highest BCUT2D eigenvalue weighted by molar-refractivity contribution is 5.82. The molecule has 0 aromatic carbocycles. The zero-order valence-electron chi connectivity index (χ0n) is 12.2. The van der Waals surface area contributed by atoms with Gasteiger partial charge in [-0.3, -0.25) is 4.79 Å². The molecule has 0 aliphatic heterocycles. The Labute approximate surface area is 111 Å². The van der Waals surface area contributed by atoms with Gasteiger partial charge in [0.1, 0.15) is 0 Å². The van der Waals surface area contributed by atoms with Crippen LogP contribution in [0, 0.1) is 23.2 Å². The van der Waals surface area contributed by atoms with Gasteiger partial charge in [0.2, 0.25) is 5.91 Å². The fourth-order valence-corrected chi connectivity index (χ4v) is 3.72. The third-order valence-electron chi connectivity index (χ3n) is 5.02. The normalized spacial score (nSPS) is 34.4. The molecule has 3 N–H and O–H groups in total. The summed E-state index contributed by atoms with van der Waals surface area (Å²) in [5.41, 5.74) is 5.84. The molecule has 4 unspecified atom stereocenters. The van der Waals surface area contributed by atoms with Crippen LogP contribution >= 0.6 is 0 Å². The van der Waals surface area contributed by atoms with Crippen LogP contribution in [-0.4, -0.2) is 18.0 Å². The van der Waals surface area contributed by atoms with Gasteiger partial charge >= 0.3 is 0 Å². The first-order valence-electron chi connectivity index (χ1n) is 7.35. The highest BCUT2D eigenvalue weighted by atomic mass is 16.2. The van der Waals surface area contributed by atoms with E-state index in [1.165, 1.54) is 25.7 Å². The van der Waals surface area contributed by atoms with Crippen molar-refractivity contribution < 1.29 is 4.79 Å². The molecule has 0 saturated heterocycles. The van der Waals surface area contributed by atoms with Gasteiger partial charge < -0.3 is 11.1 Å². The summed E-state index contributed by atoms with van der Waals surface area (Å²) in [6, 6.07) is -0.139. The second-order valence-corrected chi connectivity index (χ2v) is 7.48. The number of amides is 1. The van der Waals surface area contributed by atoms with Gasteiger partial charge in [-0.25, -0.2) is 0 Å². The van der Waals surface area contributed by atoms with Crippen molar-refractivity contribution in [1.82, 2.24) is 5.32 Å². The van der Waals surface area contributed by atoms with Crippen LogP contribution in [0.5, 0.6) is 0 Å². The Kier molecular flexibility index (Phi) is 3.72. The second-order valence-electron chi connectivity index (χ2n) is 7.48. The first-order chi connectivity index (χ1) is 8.29. The Bertz CT molecular complexity index is 321. The van der Waals surface area contributed by atoms with Crippen molar-refractivity contribution in [2.24, 2.45) is 28.9 Å². The van der Waals surface area contributed by atoms with Gasteiger partial charge in [0, 0.05) is 6.04 Å². The fourth-order valence-electron chi connectivity index (χ4n) is 3.72. The Balaban J connectivity index is 1.88. The Morgan fingerprint density at radius 2 is 1.94 bits per heavy atom. The molecule has 5 atom stereocenters. The number of fused-ring (bicyclic) bond motifs is 2. The lowest BCUT2D eigenvalue weighted by Crippen LogP contribution is -2.52. The molecule has 0 aromatic heterocycles. The van der Waals surface area contributed by atoms with E-state index < -0.39 is 6.04 Å². The molecule has 2 fully saturated rings. The highest BCUT2D eigenvalue weighted by Gasteiger charge is 2.42. The third kappa shape index (κ3) is 2.71. The van der Waals surface area contributed by atoms with Crippen molar-refractivity contribution in [3.8, 4) is 0 Å². The van der Waals surface area contributed by atoms with Crippen LogP contribution in [0.1, 0.15) is 53.4 Å². The number of carbonyl (C=O) groups is 1. The smallest absolute Gasteiger partial charge is 0.237 e. The molecule has 3 nitrogen and oxygen atoms in total. The van der Waals surface area contributed by atoms with Gasteiger partial charge in [-0.1, -0.05) is 27.2 Å². The van der Waals surface area contributed by atoms with Crippen LogP contribution in [0.3, 0.4) is 0 Å². The van der Waals surface area contributed by atoms with Crippen molar-refractivity contribution in [3.05, 3.63) is 0 Å². The van der Waals surface area contributed by atoms with E-state index in [4.69, 9.17) is 5.73 Å². The Morgan fingerprint density at radius 3 is 2.39 bits per heavy atom. The maximum Gasteiger partial charge on any atom is 0.237 e. The Hall–Kier alpha value is -0.570. The van der Waals surface area contributed by atoms with Gasteiger partial charge in [0.05, 0.1) is 6.04 Å². The van der Waals surface area contributed by atoms with E-state index in [0.717, 1.165) is 11.8 Å². The maximum absolute atomic E-state index is 12.1. The topological polar surface area (TPSA) is 55.1 Å². The maximum atomic E-state index is 12.1. The van der Waals surface area contributed by atoms with Crippen LogP contribution in [0.4, 0.5) is 0 Å². The van der Waals surface area contributed by atoms with E-state index in [2.05, 4.69) is 12.2 Å². The molecule has 2 aliphatic rings. The zero-order valence-corrected chi connectivity index (χ0v) is 12.2. The summed E-state index contributed by atoms with van der Waals surface area (Å²) in [6.07, 6.45) is 5.46. The van der Waals surface area contributed by atoms with Crippen molar-refractivity contribution in [1.29, 1.82) is 0 Å². The summed E-state index contributed by atoms with van der Waals surface area (Å²) < 4.78 is 0. The molecule has 0 spiro atoms. The molecule has 18 heavy (non-hydrogen) atoms. The summed E-state index contributed by atoms with van der Waals surface area (Å²) in [5, 5.41) is 3.15. The van der Waals surface area contributed by atoms with E-state index in [0.29, 0.717) is 5.92 Å². The molecule has 3 heteroatoms. The van der Waals surface area contributed by atoms with E-state index in [9.17, 15) is 4.79 Å².